The monoisotopic (exact) mass is 374 g/mol. The number of nitrogens with zero attached hydrogens (tertiary/aromatic N) is 2. The second-order valence-electron chi connectivity index (χ2n) is 8.16. The van der Waals surface area contributed by atoms with E-state index in [4.69, 9.17) is 4.74 Å². The average molecular weight is 374 g/mol. The van der Waals surface area contributed by atoms with Crippen LogP contribution in [0.25, 0.3) is 0 Å². The molecule has 5 nitrogen and oxygen atoms in total. The molecule has 1 aromatic rings. The highest BCUT2D eigenvalue weighted by molar-refractivity contribution is 5.94. The average Bonchev–Trinajstić information content (AvgIpc) is 3.27. The number of carbonyl (C=O) groups is 2. The lowest BCUT2D eigenvalue weighted by Gasteiger charge is -2.37. The zero-order chi connectivity index (χ0) is 19.0. The van der Waals surface area contributed by atoms with Gasteiger partial charge in [0.2, 0.25) is 5.91 Å². The first-order chi connectivity index (χ1) is 13.0. The maximum Gasteiger partial charge on any atom is 0.339 e. The summed E-state index contributed by atoms with van der Waals surface area (Å²) in [4.78, 5) is 29.2. The molecular formula is C21H27FN2O3. The highest BCUT2D eigenvalue weighted by atomic mass is 19.1. The number of hydrogen-bond donors (Lipinski definition) is 0. The third-order valence-electron chi connectivity index (χ3n) is 6.45. The fourth-order valence-electron chi connectivity index (χ4n) is 4.79. The van der Waals surface area contributed by atoms with Gasteiger partial charge >= 0.3 is 5.97 Å². The standard InChI is InChI=1S/C21H27FN2O3/c1-23(12-13-24-10-2-3-11-24)19(25)15-6-8-21(9-7-15)18-5-4-16(22)14-17(18)20(26)27-21/h4-5,14-15H,2-3,6-13H2,1H3/t15-,21-. The molecule has 0 radical (unpaired) electrons. The molecule has 1 spiro atoms. The molecule has 4 rings (SSSR count). The molecule has 1 amide bonds. The summed E-state index contributed by atoms with van der Waals surface area (Å²) < 4.78 is 19.2. The number of hydrogen-bond acceptors (Lipinski definition) is 4. The van der Waals surface area contributed by atoms with E-state index >= 15 is 0 Å². The van der Waals surface area contributed by atoms with Crippen LogP contribution in [0, 0.1) is 11.7 Å². The quantitative estimate of drug-likeness (QED) is 0.761. The minimum atomic E-state index is -0.676. The first-order valence-electron chi connectivity index (χ1n) is 9.99. The van der Waals surface area contributed by atoms with Gasteiger partial charge in [-0.05, 0) is 63.7 Å². The fourth-order valence-corrected chi connectivity index (χ4v) is 4.79. The Kier molecular flexibility index (Phi) is 4.93. The number of halogens is 1. The highest BCUT2D eigenvalue weighted by Gasteiger charge is 2.48. The molecule has 2 fully saturated rings. The second kappa shape index (κ2) is 7.23. The molecule has 3 aliphatic rings. The van der Waals surface area contributed by atoms with Crippen LogP contribution in [0.1, 0.15) is 54.4 Å². The van der Waals surface area contributed by atoms with Gasteiger partial charge in [0.25, 0.3) is 0 Å². The third kappa shape index (κ3) is 3.47. The normalized spacial score (nSPS) is 27.6. The number of rotatable bonds is 4. The smallest absolute Gasteiger partial charge is 0.339 e. The minimum Gasteiger partial charge on any atom is -0.451 e. The van der Waals surface area contributed by atoms with E-state index in [0.717, 1.165) is 31.7 Å². The number of benzene rings is 1. The summed E-state index contributed by atoms with van der Waals surface area (Å²) in [6, 6.07) is 4.31. The van der Waals surface area contributed by atoms with Crippen LogP contribution in [0.3, 0.4) is 0 Å². The predicted octanol–water partition coefficient (Wildman–Crippen LogP) is 2.94. The maximum atomic E-state index is 13.5. The van der Waals surface area contributed by atoms with Gasteiger partial charge in [0, 0.05) is 31.6 Å². The molecule has 2 aliphatic heterocycles. The van der Waals surface area contributed by atoms with Crippen molar-refractivity contribution in [2.24, 2.45) is 5.92 Å². The van der Waals surface area contributed by atoms with Crippen molar-refractivity contribution in [2.75, 3.05) is 33.2 Å². The van der Waals surface area contributed by atoms with Crippen LogP contribution in [0.4, 0.5) is 4.39 Å². The molecule has 1 aliphatic carbocycles. The van der Waals surface area contributed by atoms with Crippen molar-refractivity contribution in [3.63, 3.8) is 0 Å². The number of fused-ring (bicyclic) bond motifs is 2. The summed E-state index contributed by atoms with van der Waals surface area (Å²) in [6.45, 7) is 3.98. The van der Waals surface area contributed by atoms with Crippen LogP contribution in [0.15, 0.2) is 18.2 Å². The molecule has 0 atom stereocenters. The molecule has 0 N–H and O–H groups in total. The summed E-state index contributed by atoms with van der Waals surface area (Å²) in [5, 5.41) is 0. The SMILES string of the molecule is CN(CCN1CCCC1)C(=O)[C@H]1CC[C@@]2(CC1)OC(=O)c1cc(F)ccc12. The zero-order valence-electron chi connectivity index (χ0n) is 15.9. The molecule has 1 aromatic carbocycles. The van der Waals surface area contributed by atoms with Crippen molar-refractivity contribution in [1.29, 1.82) is 0 Å². The van der Waals surface area contributed by atoms with Crippen LogP contribution in [-0.4, -0.2) is 54.9 Å². The highest BCUT2D eigenvalue weighted by Crippen LogP contribution is 2.48. The molecular weight excluding hydrogens is 347 g/mol. The topological polar surface area (TPSA) is 49.9 Å². The molecule has 6 heteroatoms. The zero-order valence-corrected chi connectivity index (χ0v) is 15.9. The third-order valence-corrected chi connectivity index (χ3v) is 6.45. The predicted molar refractivity (Wildman–Crippen MR) is 98.8 cm³/mol. The Hall–Kier alpha value is -1.95. The lowest BCUT2D eigenvalue weighted by Crippen LogP contribution is -2.41. The van der Waals surface area contributed by atoms with Gasteiger partial charge in [0.05, 0.1) is 5.56 Å². The van der Waals surface area contributed by atoms with Crippen LogP contribution >= 0.6 is 0 Å². The molecule has 2 heterocycles. The summed E-state index contributed by atoms with van der Waals surface area (Å²) >= 11 is 0. The lowest BCUT2D eigenvalue weighted by molar-refractivity contribution is -0.137. The first-order valence-corrected chi connectivity index (χ1v) is 9.99. The van der Waals surface area contributed by atoms with Crippen molar-refractivity contribution in [3.05, 3.63) is 35.1 Å². The number of likely N-dealkylation sites (N-methyl/N-ethyl adjacent to an activating group) is 1. The Labute approximate surface area is 159 Å². The van der Waals surface area contributed by atoms with Gasteiger partial charge in [0.15, 0.2) is 0 Å². The van der Waals surface area contributed by atoms with Crippen molar-refractivity contribution >= 4 is 11.9 Å². The Bertz CT molecular complexity index is 737. The van der Waals surface area contributed by atoms with E-state index in [1.165, 1.54) is 25.0 Å². The van der Waals surface area contributed by atoms with Crippen molar-refractivity contribution in [2.45, 2.75) is 44.1 Å². The Morgan fingerprint density at radius 3 is 2.70 bits per heavy atom. The maximum absolute atomic E-state index is 13.5. The number of carbonyl (C=O) groups excluding carboxylic acids is 2. The molecule has 27 heavy (non-hydrogen) atoms. The van der Waals surface area contributed by atoms with Gasteiger partial charge < -0.3 is 14.5 Å². The molecule has 146 valence electrons. The molecule has 1 saturated carbocycles. The van der Waals surface area contributed by atoms with Gasteiger partial charge in [-0.1, -0.05) is 6.07 Å². The Balaban J connectivity index is 1.36. The van der Waals surface area contributed by atoms with E-state index in [2.05, 4.69) is 4.90 Å². The second-order valence-corrected chi connectivity index (χ2v) is 8.16. The van der Waals surface area contributed by atoms with Crippen LogP contribution < -0.4 is 0 Å². The van der Waals surface area contributed by atoms with E-state index in [9.17, 15) is 14.0 Å². The van der Waals surface area contributed by atoms with E-state index in [1.807, 2.05) is 11.9 Å². The van der Waals surface area contributed by atoms with Gasteiger partial charge in [-0.2, -0.15) is 0 Å². The molecule has 1 saturated heterocycles. The van der Waals surface area contributed by atoms with Crippen LogP contribution in [0.5, 0.6) is 0 Å². The number of likely N-dealkylation sites (tertiary alicyclic amines) is 1. The van der Waals surface area contributed by atoms with Crippen LogP contribution in [-0.2, 0) is 15.1 Å². The summed E-state index contributed by atoms with van der Waals surface area (Å²) in [5.74, 6) is -0.710. The summed E-state index contributed by atoms with van der Waals surface area (Å²) in [5.41, 5.74) is 0.440. The molecule has 0 aromatic heterocycles. The number of amides is 1. The van der Waals surface area contributed by atoms with Crippen molar-refractivity contribution in [1.82, 2.24) is 9.80 Å². The summed E-state index contributed by atoms with van der Waals surface area (Å²) in [7, 11) is 1.89. The Morgan fingerprint density at radius 1 is 1.30 bits per heavy atom. The van der Waals surface area contributed by atoms with Gasteiger partial charge in [-0.25, -0.2) is 9.18 Å². The van der Waals surface area contributed by atoms with Gasteiger partial charge in [-0.3, -0.25) is 4.79 Å². The van der Waals surface area contributed by atoms with Gasteiger partial charge in [-0.15, -0.1) is 0 Å². The van der Waals surface area contributed by atoms with E-state index in [1.54, 1.807) is 6.07 Å². The van der Waals surface area contributed by atoms with Crippen molar-refractivity contribution in [3.8, 4) is 0 Å². The molecule has 0 bridgehead atoms. The number of ether oxygens (including phenoxy) is 1. The van der Waals surface area contributed by atoms with E-state index in [0.29, 0.717) is 31.2 Å². The number of esters is 1. The van der Waals surface area contributed by atoms with Crippen molar-refractivity contribution < 1.29 is 18.7 Å². The van der Waals surface area contributed by atoms with Crippen LogP contribution in [0.2, 0.25) is 0 Å². The first kappa shape index (κ1) is 18.4. The largest absolute Gasteiger partial charge is 0.451 e. The van der Waals surface area contributed by atoms with E-state index < -0.39 is 17.4 Å². The minimum absolute atomic E-state index is 0.0256. The molecule has 0 unspecified atom stereocenters. The lowest BCUT2D eigenvalue weighted by atomic mass is 9.74. The van der Waals surface area contributed by atoms with Gasteiger partial charge in [0.1, 0.15) is 11.4 Å². The Morgan fingerprint density at radius 2 is 2.00 bits per heavy atom. The fraction of sp³-hybridized carbons (Fsp3) is 0.619. The summed E-state index contributed by atoms with van der Waals surface area (Å²) in [6.07, 6.45) is 5.13. The van der Waals surface area contributed by atoms with E-state index in [-0.39, 0.29) is 11.8 Å².